The summed E-state index contributed by atoms with van der Waals surface area (Å²) in [6.45, 7) is 3.25. The molecule has 2 atom stereocenters. The number of esters is 1. The summed E-state index contributed by atoms with van der Waals surface area (Å²) < 4.78 is 31.3. The van der Waals surface area contributed by atoms with E-state index in [-0.39, 0.29) is 22.3 Å². The molecule has 0 spiro atoms. The molecule has 0 fully saturated rings. The summed E-state index contributed by atoms with van der Waals surface area (Å²) in [5.74, 6) is -0.909. The molecule has 1 heterocycles. The molecule has 0 aliphatic rings. The largest absolute Gasteiger partial charge is 0.465 e. The number of rotatable bonds is 6. The highest BCUT2D eigenvalue weighted by Crippen LogP contribution is 2.23. The van der Waals surface area contributed by atoms with Gasteiger partial charge in [-0.3, -0.25) is 0 Å². The molecule has 2 N–H and O–H groups in total. The number of methoxy groups -OCH3 is 1. The van der Waals surface area contributed by atoms with Crippen molar-refractivity contribution in [2.24, 2.45) is 5.92 Å². The maximum atomic E-state index is 12.2. The van der Waals surface area contributed by atoms with Gasteiger partial charge in [-0.1, -0.05) is 6.92 Å². The Balaban J connectivity index is 3.02. The lowest BCUT2D eigenvalue weighted by molar-refractivity contribution is 0.0602. The van der Waals surface area contributed by atoms with Crippen molar-refractivity contribution in [1.82, 2.24) is 4.72 Å². The van der Waals surface area contributed by atoms with Crippen molar-refractivity contribution < 1.29 is 23.1 Å². The van der Waals surface area contributed by atoms with Crippen LogP contribution in [0.2, 0.25) is 0 Å². The molecule has 6 nitrogen and oxygen atoms in total. The third-order valence-electron chi connectivity index (χ3n) is 2.77. The van der Waals surface area contributed by atoms with Crippen LogP contribution in [0.3, 0.4) is 0 Å². The van der Waals surface area contributed by atoms with E-state index in [1.165, 1.54) is 18.6 Å². The molecule has 1 rings (SSSR count). The predicted molar refractivity (Wildman–Crippen MR) is 71.7 cm³/mol. The fraction of sp³-hybridized carbons (Fsp3) is 0.545. The van der Waals surface area contributed by atoms with E-state index in [9.17, 15) is 13.2 Å². The smallest absolute Gasteiger partial charge is 0.349 e. The van der Waals surface area contributed by atoms with Crippen molar-refractivity contribution in [3.63, 3.8) is 0 Å². The monoisotopic (exact) mass is 307 g/mol. The van der Waals surface area contributed by atoms with Gasteiger partial charge in [0.2, 0.25) is 10.0 Å². The molecular formula is C11H17NO5S2. The Morgan fingerprint density at radius 1 is 1.53 bits per heavy atom. The highest BCUT2D eigenvalue weighted by molar-refractivity contribution is 7.89. The Kier molecular flexibility index (Phi) is 5.48. The third kappa shape index (κ3) is 3.75. The second kappa shape index (κ2) is 6.47. The molecule has 19 heavy (non-hydrogen) atoms. The van der Waals surface area contributed by atoms with E-state index in [0.717, 1.165) is 11.3 Å². The fourth-order valence-corrected chi connectivity index (χ4v) is 4.02. The van der Waals surface area contributed by atoms with Crippen LogP contribution in [0.25, 0.3) is 0 Å². The normalized spacial score (nSPS) is 14.9. The second-order valence-corrected chi connectivity index (χ2v) is 6.77. The summed E-state index contributed by atoms with van der Waals surface area (Å²) >= 11 is 1.01. The third-order valence-corrected chi connectivity index (χ3v) is 5.40. The number of thiophene rings is 1. The van der Waals surface area contributed by atoms with Crippen molar-refractivity contribution in [2.45, 2.75) is 24.8 Å². The summed E-state index contributed by atoms with van der Waals surface area (Å²) in [7, 11) is -2.61. The lowest BCUT2D eigenvalue weighted by Gasteiger charge is -2.19. The van der Waals surface area contributed by atoms with E-state index in [4.69, 9.17) is 5.11 Å². The number of hydrogen-bond acceptors (Lipinski definition) is 6. The van der Waals surface area contributed by atoms with E-state index in [1.54, 1.807) is 13.8 Å². The van der Waals surface area contributed by atoms with E-state index in [2.05, 4.69) is 9.46 Å². The van der Waals surface area contributed by atoms with Gasteiger partial charge in [0.15, 0.2) is 0 Å². The number of sulfonamides is 1. The van der Waals surface area contributed by atoms with Gasteiger partial charge in [0.05, 0.1) is 7.11 Å². The molecule has 0 saturated heterocycles. The van der Waals surface area contributed by atoms with Crippen LogP contribution in [-0.2, 0) is 14.8 Å². The van der Waals surface area contributed by atoms with Gasteiger partial charge in [-0.15, -0.1) is 11.3 Å². The first-order valence-electron chi connectivity index (χ1n) is 5.62. The Labute approximate surface area is 116 Å². The molecule has 0 aliphatic heterocycles. The van der Waals surface area contributed by atoms with Gasteiger partial charge >= 0.3 is 5.97 Å². The van der Waals surface area contributed by atoms with Gasteiger partial charge in [-0.05, 0) is 24.3 Å². The summed E-state index contributed by atoms with van der Waals surface area (Å²) in [6.07, 6.45) is 0. The van der Waals surface area contributed by atoms with Crippen LogP contribution >= 0.6 is 11.3 Å². The van der Waals surface area contributed by atoms with E-state index >= 15 is 0 Å². The summed E-state index contributed by atoms with van der Waals surface area (Å²) in [4.78, 5) is 11.4. The number of nitrogens with one attached hydrogen (secondary N) is 1. The summed E-state index contributed by atoms with van der Waals surface area (Å²) in [5.41, 5.74) is 0. The molecule has 0 saturated carbocycles. The van der Waals surface area contributed by atoms with Crippen molar-refractivity contribution in [2.75, 3.05) is 13.7 Å². The molecule has 0 amide bonds. The first-order valence-corrected chi connectivity index (χ1v) is 7.98. The highest BCUT2D eigenvalue weighted by atomic mass is 32.2. The average Bonchev–Trinajstić information content (AvgIpc) is 2.86. The predicted octanol–water partition coefficient (Wildman–Crippen LogP) is 0.830. The minimum absolute atomic E-state index is 0.0406. The molecule has 8 heteroatoms. The molecule has 0 radical (unpaired) electrons. The number of ether oxygens (including phenoxy) is 1. The van der Waals surface area contributed by atoms with Crippen LogP contribution < -0.4 is 4.72 Å². The van der Waals surface area contributed by atoms with E-state index in [0.29, 0.717) is 0 Å². The molecule has 0 aliphatic carbocycles. The fourth-order valence-electron chi connectivity index (χ4n) is 1.33. The van der Waals surface area contributed by atoms with Crippen LogP contribution in [0.1, 0.15) is 23.5 Å². The van der Waals surface area contributed by atoms with Gasteiger partial charge in [-0.25, -0.2) is 17.9 Å². The molecule has 1 aromatic rings. The van der Waals surface area contributed by atoms with Crippen LogP contribution in [-0.4, -0.2) is 39.3 Å². The number of aliphatic hydroxyl groups is 1. The van der Waals surface area contributed by atoms with Gasteiger partial charge < -0.3 is 9.84 Å². The Morgan fingerprint density at radius 3 is 2.68 bits per heavy atom. The Bertz CT molecular complexity index is 537. The van der Waals surface area contributed by atoms with Crippen LogP contribution in [0, 0.1) is 5.92 Å². The van der Waals surface area contributed by atoms with E-state index < -0.39 is 22.0 Å². The van der Waals surface area contributed by atoms with Crippen molar-refractivity contribution in [1.29, 1.82) is 0 Å². The highest BCUT2D eigenvalue weighted by Gasteiger charge is 2.27. The summed E-state index contributed by atoms with van der Waals surface area (Å²) in [5, 5.41) is 10.5. The first kappa shape index (κ1) is 16.1. The number of carbonyl (C=O) groups excluding carboxylic acids is 1. The second-order valence-electron chi connectivity index (χ2n) is 4.18. The molecular weight excluding hydrogens is 290 g/mol. The average molecular weight is 307 g/mol. The SMILES string of the molecule is COC(=O)c1sccc1S(=O)(=O)NC(C)C(C)CO. The maximum Gasteiger partial charge on any atom is 0.349 e. The number of hydrogen-bond donors (Lipinski definition) is 2. The minimum atomic E-state index is -3.81. The van der Waals surface area contributed by atoms with Crippen LogP contribution in [0.5, 0.6) is 0 Å². The van der Waals surface area contributed by atoms with Crippen molar-refractivity contribution in [3.05, 3.63) is 16.3 Å². The zero-order chi connectivity index (χ0) is 14.6. The van der Waals surface area contributed by atoms with Crippen molar-refractivity contribution in [3.8, 4) is 0 Å². The first-order chi connectivity index (χ1) is 8.83. The number of aliphatic hydroxyl groups excluding tert-OH is 1. The molecule has 0 bridgehead atoms. The maximum absolute atomic E-state index is 12.2. The van der Waals surface area contributed by atoms with E-state index in [1.807, 2.05) is 0 Å². The van der Waals surface area contributed by atoms with Gasteiger partial charge in [0, 0.05) is 12.6 Å². The zero-order valence-corrected chi connectivity index (χ0v) is 12.5. The Hall–Kier alpha value is -0.960. The van der Waals surface area contributed by atoms with Crippen LogP contribution in [0.15, 0.2) is 16.3 Å². The molecule has 2 unspecified atom stereocenters. The molecule has 1 aromatic heterocycles. The minimum Gasteiger partial charge on any atom is -0.465 e. The van der Waals surface area contributed by atoms with Gasteiger partial charge in [0.1, 0.15) is 9.77 Å². The summed E-state index contributed by atoms with van der Waals surface area (Å²) in [6, 6.07) is 0.913. The topological polar surface area (TPSA) is 92.7 Å². The van der Waals surface area contributed by atoms with Gasteiger partial charge in [-0.2, -0.15) is 0 Å². The lowest BCUT2D eigenvalue weighted by Crippen LogP contribution is -2.38. The number of carbonyl (C=O) groups is 1. The standard InChI is InChI=1S/C11H17NO5S2/c1-7(6-13)8(2)12-19(15,16)9-4-5-18-10(9)11(14)17-3/h4-5,7-8,12-13H,6H2,1-3H3. The molecule has 108 valence electrons. The van der Waals surface area contributed by atoms with Gasteiger partial charge in [0.25, 0.3) is 0 Å². The van der Waals surface area contributed by atoms with Crippen LogP contribution in [0.4, 0.5) is 0 Å². The zero-order valence-electron chi connectivity index (χ0n) is 10.9. The van der Waals surface area contributed by atoms with Crippen molar-refractivity contribution >= 4 is 27.3 Å². The molecule has 0 aromatic carbocycles. The quantitative estimate of drug-likeness (QED) is 0.759. The Morgan fingerprint density at radius 2 is 2.16 bits per heavy atom. The lowest BCUT2D eigenvalue weighted by atomic mass is 10.1.